The van der Waals surface area contributed by atoms with Crippen LogP contribution >= 0.6 is 0 Å². The highest BCUT2D eigenvalue weighted by Gasteiger charge is 2.35. The number of fused-ring (bicyclic) bond motifs is 1. The van der Waals surface area contributed by atoms with Crippen LogP contribution in [0.3, 0.4) is 0 Å². The van der Waals surface area contributed by atoms with Gasteiger partial charge in [-0.2, -0.15) is 0 Å². The Bertz CT molecular complexity index is 683. The van der Waals surface area contributed by atoms with Gasteiger partial charge in [0, 0.05) is 13.5 Å². The lowest BCUT2D eigenvalue weighted by molar-refractivity contribution is -0.159. The van der Waals surface area contributed by atoms with E-state index in [0.717, 1.165) is 12.8 Å². The van der Waals surface area contributed by atoms with Gasteiger partial charge in [-0.05, 0) is 59.5 Å². The normalized spacial score (nSPS) is 17.1. The van der Waals surface area contributed by atoms with Crippen LogP contribution in [-0.4, -0.2) is 41.6 Å². The highest BCUT2D eigenvalue weighted by atomic mass is 16.7. The second-order valence-corrected chi connectivity index (χ2v) is 8.77. The van der Waals surface area contributed by atoms with Gasteiger partial charge in [-0.15, -0.1) is 0 Å². The molecule has 0 aromatic carbocycles. The van der Waals surface area contributed by atoms with Crippen molar-refractivity contribution in [3.8, 4) is 5.88 Å². The molecule has 1 atom stereocenters. The molecule has 1 aromatic heterocycles. The number of esters is 1. The Morgan fingerprint density at radius 1 is 1.22 bits per heavy atom. The Labute approximate surface area is 160 Å². The van der Waals surface area contributed by atoms with Gasteiger partial charge in [-0.1, -0.05) is 0 Å². The van der Waals surface area contributed by atoms with Crippen LogP contribution < -0.4 is 4.74 Å². The molecule has 1 amide bonds. The van der Waals surface area contributed by atoms with Crippen molar-refractivity contribution in [1.82, 2.24) is 10.1 Å². The minimum absolute atomic E-state index is 0.242. The summed E-state index contributed by atoms with van der Waals surface area (Å²) in [6, 6.07) is -0.275. The van der Waals surface area contributed by atoms with Gasteiger partial charge in [-0.3, -0.25) is 4.79 Å². The predicted molar refractivity (Wildman–Crippen MR) is 97.2 cm³/mol. The lowest BCUT2D eigenvalue weighted by atomic mass is 9.92. The number of hydrogen-bond donors (Lipinski definition) is 0. The van der Waals surface area contributed by atoms with E-state index in [1.54, 1.807) is 27.8 Å². The number of aryl methyl sites for hydroxylation is 1. The maximum atomic E-state index is 12.5. The van der Waals surface area contributed by atoms with E-state index in [0.29, 0.717) is 17.7 Å². The number of hydrogen-bond acceptors (Lipinski definition) is 7. The van der Waals surface area contributed by atoms with Crippen molar-refractivity contribution in [1.29, 1.82) is 0 Å². The number of carbonyl (C=O) groups is 2. The second-order valence-electron chi connectivity index (χ2n) is 8.77. The Morgan fingerprint density at radius 3 is 2.48 bits per heavy atom. The topological polar surface area (TPSA) is 91.1 Å². The van der Waals surface area contributed by atoms with Gasteiger partial charge in [0.25, 0.3) is 5.88 Å². The first kappa shape index (κ1) is 21.1. The summed E-state index contributed by atoms with van der Waals surface area (Å²) >= 11 is 0. The molecule has 1 aliphatic carbocycles. The Hall–Kier alpha value is -2.25. The maximum absolute atomic E-state index is 12.5. The van der Waals surface area contributed by atoms with Gasteiger partial charge in [0.15, 0.2) is 0 Å². The highest BCUT2D eigenvalue weighted by molar-refractivity contribution is 5.75. The van der Waals surface area contributed by atoms with Gasteiger partial charge in [0.1, 0.15) is 11.4 Å². The third kappa shape index (κ3) is 5.37. The quantitative estimate of drug-likeness (QED) is 0.577. The predicted octanol–water partition coefficient (Wildman–Crippen LogP) is 3.84. The molecule has 1 heterocycles. The smallest absolute Gasteiger partial charge is 0.410 e. The number of nitrogens with zero attached hydrogens (tertiary/aromatic N) is 2. The van der Waals surface area contributed by atoms with E-state index in [9.17, 15) is 9.59 Å². The van der Waals surface area contributed by atoms with E-state index in [-0.39, 0.29) is 24.7 Å². The fourth-order valence-corrected chi connectivity index (χ4v) is 2.73. The molecule has 0 saturated heterocycles. The van der Waals surface area contributed by atoms with Crippen molar-refractivity contribution in [3.63, 3.8) is 0 Å². The van der Waals surface area contributed by atoms with E-state index in [1.807, 2.05) is 20.8 Å². The first-order valence-electron chi connectivity index (χ1n) is 9.14. The van der Waals surface area contributed by atoms with Crippen LogP contribution in [0, 0.1) is 5.41 Å². The summed E-state index contributed by atoms with van der Waals surface area (Å²) < 4.78 is 21.5. The zero-order valence-electron chi connectivity index (χ0n) is 17.2. The summed E-state index contributed by atoms with van der Waals surface area (Å²) in [5.74, 6) is 0.549. The number of ether oxygens (including phenoxy) is 3. The van der Waals surface area contributed by atoms with Gasteiger partial charge in [0.2, 0.25) is 6.79 Å². The van der Waals surface area contributed by atoms with Gasteiger partial charge in [0.05, 0.1) is 17.0 Å². The third-order valence-electron chi connectivity index (χ3n) is 4.13. The summed E-state index contributed by atoms with van der Waals surface area (Å²) in [5, 5.41) is 3.96. The van der Waals surface area contributed by atoms with Crippen molar-refractivity contribution in [2.24, 2.45) is 5.41 Å². The molecular weight excluding hydrogens is 352 g/mol. The highest BCUT2D eigenvalue weighted by Crippen LogP contribution is 2.40. The van der Waals surface area contributed by atoms with E-state index >= 15 is 0 Å². The van der Waals surface area contributed by atoms with Crippen LogP contribution in [0.2, 0.25) is 0 Å². The van der Waals surface area contributed by atoms with E-state index in [4.69, 9.17) is 18.7 Å². The maximum Gasteiger partial charge on any atom is 0.410 e. The van der Waals surface area contributed by atoms with Crippen molar-refractivity contribution < 1.29 is 28.3 Å². The third-order valence-corrected chi connectivity index (χ3v) is 4.13. The summed E-state index contributed by atoms with van der Waals surface area (Å²) in [6.07, 6.45) is 1.89. The van der Waals surface area contributed by atoms with Crippen molar-refractivity contribution in [3.05, 3.63) is 11.3 Å². The van der Waals surface area contributed by atoms with Crippen LogP contribution in [0.25, 0.3) is 0 Å². The first-order chi connectivity index (χ1) is 12.4. The van der Waals surface area contributed by atoms with Crippen molar-refractivity contribution in [2.75, 3.05) is 13.8 Å². The van der Waals surface area contributed by atoms with E-state index in [1.165, 1.54) is 4.90 Å². The largest absolute Gasteiger partial charge is 0.444 e. The zero-order chi connectivity index (χ0) is 20.4. The van der Waals surface area contributed by atoms with Gasteiger partial charge >= 0.3 is 12.1 Å². The van der Waals surface area contributed by atoms with Gasteiger partial charge in [-0.25, -0.2) is 4.79 Å². The fourth-order valence-electron chi connectivity index (χ4n) is 2.73. The van der Waals surface area contributed by atoms with Crippen molar-refractivity contribution >= 4 is 12.1 Å². The Kier molecular flexibility index (Phi) is 6.07. The Morgan fingerprint density at radius 2 is 1.89 bits per heavy atom. The SMILES string of the molecule is CN(C(=O)OC(C)(C)C)[C@@H]1CCCc2onc(OCOC(=O)C(C)(C)C)c21. The molecule has 8 heteroatoms. The minimum atomic E-state index is -0.619. The molecule has 0 spiro atoms. The summed E-state index contributed by atoms with van der Waals surface area (Å²) in [4.78, 5) is 25.9. The molecule has 0 N–H and O–H groups in total. The number of amides is 1. The fraction of sp³-hybridized carbons (Fsp3) is 0.737. The molecule has 0 bridgehead atoms. The first-order valence-corrected chi connectivity index (χ1v) is 9.14. The molecular formula is C19H30N2O6. The summed E-state index contributed by atoms with van der Waals surface area (Å²) in [5.41, 5.74) is -0.495. The Balaban J connectivity index is 2.11. The number of carbonyl (C=O) groups excluding carboxylic acids is 2. The molecule has 8 nitrogen and oxygen atoms in total. The number of aromatic nitrogens is 1. The van der Waals surface area contributed by atoms with E-state index < -0.39 is 17.1 Å². The van der Waals surface area contributed by atoms with Crippen LogP contribution in [0.4, 0.5) is 4.79 Å². The van der Waals surface area contributed by atoms with Crippen molar-refractivity contribution in [2.45, 2.75) is 72.4 Å². The molecule has 0 radical (unpaired) electrons. The van der Waals surface area contributed by atoms with Crippen LogP contribution in [-0.2, 0) is 20.7 Å². The van der Waals surface area contributed by atoms with E-state index in [2.05, 4.69) is 5.16 Å². The molecule has 152 valence electrons. The lowest BCUT2D eigenvalue weighted by Gasteiger charge is -2.32. The second kappa shape index (κ2) is 7.78. The standard InChI is InChI=1S/C19H30N2O6/c1-18(2,3)16(22)25-11-24-15-14-12(9-8-10-13(14)27-20-15)21(7)17(23)26-19(4,5)6/h12H,8-11H2,1-7H3/t12-/m1/s1. The molecule has 27 heavy (non-hydrogen) atoms. The summed E-state index contributed by atoms with van der Waals surface area (Å²) in [7, 11) is 1.68. The molecule has 1 aromatic rings. The van der Waals surface area contributed by atoms with Crippen LogP contribution in [0.5, 0.6) is 5.88 Å². The van der Waals surface area contributed by atoms with Crippen LogP contribution in [0.15, 0.2) is 4.52 Å². The molecule has 2 rings (SSSR count). The molecule has 0 fully saturated rings. The summed E-state index contributed by atoms with van der Waals surface area (Å²) in [6.45, 7) is 10.5. The average molecular weight is 382 g/mol. The zero-order valence-corrected chi connectivity index (χ0v) is 17.2. The molecule has 0 aliphatic heterocycles. The molecule has 0 saturated carbocycles. The average Bonchev–Trinajstić information content (AvgIpc) is 2.95. The molecule has 1 aliphatic rings. The van der Waals surface area contributed by atoms with Crippen LogP contribution in [0.1, 0.15) is 71.7 Å². The number of rotatable bonds is 4. The molecule has 0 unspecified atom stereocenters. The monoisotopic (exact) mass is 382 g/mol. The minimum Gasteiger partial charge on any atom is -0.444 e. The lowest BCUT2D eigenvalue weighted by Crippen LogP contribution is -2.37. The van der Waals surface area contributed by atoms with Gasteiger partial charge < -0.3 is 23.6 Å².